The van der Waals surface area contributed by atoms with Crippen LogP contribution in [-0.2, 0) is 11.3 Å². The van der Waals surface area contributed by atoms with Gasteiger partial charge in [-0.2, -0.15) is 0 Å². The number of carbonyl (C=O) groups is 2. The van der Waals surface area contributed by atoms with E-state index in [2.05, 4.69) is 10.3 Å². The Bertz CT molecular complexity index is 1150. The number of anilines is 1. The van der Waals surface area contributed by atoms with Crippen molar-refractivity contribution >= 4 is 46.9 Å². The average molecular weight is 436 g/mol. The van der Waals surface area contributed by atoms with Gasteiger partial charge in [-0.05, 0) is 47.5 Å². The molecule has 0 bridgehead atoms. The highest BCUT2D eigenvalue weighted by Crippen LogP contribution is 2.42. The van der Waals surface area contributed by atoms with Crippen molar-refractivity contribution < 1.29 is 9.59 Å². The highest BCUT2D eigenvalue weighted by molar-refractivity contribution is 8.04. The summed E-state index contributed by atoms with van der Waals surface area (Å²) in [5, 5.41) is 3.47. The molecule has 30 heavy (non-hydrogen) atoms. The second-order valence-corrected chi connectivity index (χ2v) is 8.21. The summed E-state index contributed by atoms with van der Waals surface area (Å²) in [6, 6.07) is 16.5. The van der Waals surface area contributed by atoms with Gasteiger partial charge in [-0.15, -0.1) is 0 Å². The van der Waals surface area contributed by atoms with Gasteiger partial charge < -0.3 is 10.2 Å². The predicted octanol–water partition coefficient (Wildman–Crippen LogP) is 4.77. The maximum atomic E-state index is 12.9. The van der Waals surface area contributed by atoms with Crippen molar-refractivity contribution in [1.82, 2.24) is 10.3 Å². The molecular formula is C23H18ClN3O2S. The standard InChI is InChI=1S/C23H18ClN3O2S/c1-27-19-11-17(22(28)26-14-15-5-4-10-25-13-15)8-9-20(19)30-21(23(27)29)12-16-6-2-3-7-18(16)24/h2-13H,14H2,1H3,(H,26,28)/b21-12-. The molecule has 0 atom stereocenters. The molecule has 0 saturated carbocycles. The van der Waals surface area contributed by atoms with Gasteiger partial charge in [0, 0.05) is 41.5 Å². The second kappa shape index (κ2) is 8.73. The van der Waals surface area contributed by atoms with Gasteiger partial charge in [-0.1, -0.05) is 47.6 Å². The van der Waals surface area contributed by atoms with Crippen LogP contribution in [0.2, 0.25) is 5.02 Å². The van der Waals surface area contributed by atoms with Gasteiger partial charge in [0.15, 0.2) is 0 Å². The molecule has 0 spiro atoms. The number of halogens is 1. The third-order valence-corrected chi connectivity index (χ3v) is 6.11. The van der Waals surface area contributed by atoms with Gasteiger partial charge in [-0.3, -0.25) is 14.6 Å². The van der Waals surface area contributed by atoms with E-state index >= 15 is 0 Å². The monoisotopic (exact) mass is 435 g/mol. The highest BCUT2D eigenvalue weighted by Gasteiger charge is 2.27. The first-order chi connectivity index (χ1) is 14.5. The number of nitrogens with one attached hydrogen (secondary N) is 1. The number of thioether (sulfide) groups is 1. The number of rotatable bonds is 4. The Morgan fingerprint density at radius 3 is 2.80 bits per heavy atom. The molecule has 1 aliphatic rings. The Kier molecular flexibility index (Phi) is 5.88. The van der Waals surface area contributed by atoms with Crippen molar-refractivity contribution in [2.24, 2.45) is 0 Å². The first-order valence-electron chi connectivity index (χ1n) is 9.26. The summed E-state index contributed by atoms with van der Waals surface area (Å²) in [7, 11) is 1.71. The van der Waals surface area contributed by atoms with Gasteiger partial charge in [-0.25, -0.2) is 0 Å². The van der Waals surface area contributed by atoms with Crippen LogP contribution < -0.4 is 10.2 Å². The van der Waals surface area contributed by atoms with Crippen molar-refractivity contribution in [3.05, 3.63) is 93.6 Å². The van der Waals surface area contributed by atoms with Crippen molar-refractivity contribution in [3.63, 3.8) is 0 Å². The Labute approximate surface area is 183 Å². The van der Waals surface area contributed by atoms with Crippen LogP contribution in [0, 0.1) is 0 Å². The maximum absolute atomic E-state index is 12.9. The molecule has 3 aromatic rings. The summed E-state index contributed by atoms with van der Waals surface area (Å²) >= 11 is 7.60. The number of aromatic nitrogens is 1. The molecular weight excluding hydrogens is 418 g/mol. The van der Waals surface area contributed by atoms with Crippen molar-refractivity contribution in [2.45, 2.75) is 11.4 Å². The molecule has 0 aliphatic carbocycles. The lowest BCUT2D eigenvalue weighted by Gasteiger charge is -2.27. The van der Waals surface area contributed by atoms with Crippen LogP contribution in [0.5, 0.6) is 0 Å². The topological polar surface area (TPSA) is 62.3 Å². The fourth-order valence-electron chi connectivity index (χ4n) is 3.06. The fraction of sp³-hybridized carbons (Fsp3) is 0.0870. The number of fused-ring (bicyclic) bond motifs is 1. The molecule has 0 saturated heterocycles. The molecule has 0 fully saturated rings. The summed E-state index contributed by atoms with van der Waals surface area (Å²) in [5.74, 6) is -0.342. The third kappa shape index (κ3) is 4.25. The number of nitrogens with zero attached hydrogens (tertiary/aromatic N) is 2. The SMILES string of the molecule is CN1C(=O)/C(=C/c2ccccc2Cl)Sc2ccc(C(=O)NCc3cccnc3)cc21. The van der Waals surface area contributed by atoms with E-state index in [4.69, 9.17) is 11.6 Å². The molecule has 1 N–H and O–H groups in total. The Morgan fingerprint density at radius 2 is 2.03 bits per heavy atom. The summed E-state index contributed by atoms with van der Waals surface area (Å²) in [5.41, 5.74) is 2.91. The molecule has 2 aromatic carbocycles. The number of carbonyl (C=O) groups excluding carboxylic acids is 2. The van der Waals surface area contributed by atoms with Gasteiger partial charge in [0.1, 0.15) is 0 Å². The van der Waals surface area contributed by atoms with E-state index in [0.717, 1.165) is 16.0 Å². The lowest BCUT2D eigenvalue weighted by Crippen LogP contribution is -2.31. The number of pyridine rings is 1. The van der Waals surface area contributed by atoms with Crippen molar-refractivity contribution in [2.75, 3.05) is 11.9 Å². The first kappa shape index (κ1) is 20.2. The Hall–Kier alpha value is -3.09. The van der Waals surface area contributed by atoms with Gasteiger partial charge >= 0.3 is 0 Å². The summed E-state index contributed by atoms with van der Waals surface area (Å²) in [4.78, 5) is 32.5. The van der Waals surface area contributed by atoms with Crippen LogP contribution in [-0.4, -0.2) is 23.8 Å². The Morgan fingerprint density at radius 1 is 1.20 bits per heavy atom. The molecule has 4 rings (SSSR count). The number of amides is 2. The zero-order valence-electron chi connectivity index (χ0n) is 16.1. The molecule has 150 valence electrons. The zero-order chi connectivity index (χ0) is 21.1. The first-order valence-corrected chi connectivity index (χ1v) is 10.5. The van der Waals surface area contributed by atoms with Gasteiger partial charge in [0.2, 0.25) is 0 Å². The number of hydrogen-bond donors (Lipinski definition) is 1. The van der Waals surface area contributed by atoms with Crippen LogP contribution in [0.1, 0.15) is 21.5 Å². The minimum absolute atomic E-state index is 0.139. The minimum Gasteiger partial charge on any atom is -0.348 e. The number of likely N-dealkylation sites (N-methyl/N-ethyl adjacent to an activating group) is 1. The minimum atomic E-state index is -0.204. The Balaban J connectivity index is 1.55. The van der Waals surface area contributed by atoms with E-state index in [1.807, 2.05) is 36.4 Å². The van der Waals surface area contributed by atoms with Crippen LogP contribution in [0.15, 0.2) is 76.8 Å². The maximum Gasteiger partial charge on any atom is 0.264 e. The largest absolute Gasteiger partial charge is 0.348 e. The molecule has 2 amide bonds. The van der Waals surface area contributed by atoms with Crippen LogP contribution in [0.3, 0.4) is 0 Å². The van der Waals surface area contributed by atoms with E-state index in [0.29, 0.717) is 27.7 Å². The van der Waals surface area contributed by atoms with E-state index in [1.54, 1.807) is 48.6 Å². The molecule has 5 nitrogen and oxygen atoms in total. The summed E-state index contributed by atoms with van der Waals surface area (Å²) < 4.78 is 0. The average Bonchev–Trinajstić information content (AvgIpc) is 2.77. The number of benzene rings is 2. The van der Waals surface area contributed by atoms with Gasteiger partial charge in [0.05, 0.1) is 10.6 Å². The fourth-order valence-corrected chi connectivity index (χ4v) is 4.33. The van der Waals surface area contributed by atoms with E-state index in [-0.39, 0.29) is 11.8 Å². The third-order valence-electron chi connectivity index (χ3n) is 4.69. The lowest BCUT2D eigenvalue weighted by atomic mass is 10.1. The molecule has 1 aliphatic heterocycles. The predicted molar refractivity (Wildman–Crippen MR) is 121 cm³/mol. The summed E-state index contributed by atoms with van der Waals surface area (Å²) in [6.45, 7) is 0.387. The normalized spacial score (nSPS) is 14.5. The highest BCUT2D eigenvalue weighted by atomic mass is 35.5. The van der Waals surface area contributed by atoms with E-state index in [1.165, 1.54) is 11.8 Å². The molecule has 7 heteroatoms. The smallest absolute Gasteiger partial charge is 0.264 e. The molecule has 2 heterocycles. The lowest BCUT2D eigenvalue weighted by molar-refractivity contribution is -0.114. The van der Waals surface area contributed by atoms with Crippen molar-refractivity contribution in [3.8, 4) is 0 Å². The molecule has 0 unspecified atom stereocenters. The zero-order valence-corrected chi connectivity index (χ0v) is 17.7. The van der Waals surface area contributed by atoms with Crippen LogP contribution in [0.4, 0.5) is 5.69 Å². The van der Waals surface area contributed by atoms with Gasteiger partial charge in [0.25, 0.3) is 11.8 Å². The summed E-state index contributed by atoms with van der Waals surface area (Å²) in [6.07, 6.45) is 5.19. The quantitative estimate of drug-likeness (QED) is 0.599. The van der Waals surface area contributed by atoms with Crippen LogP contribution >= 0.6 is 23.4 Å². The van der Waals surface area contributed by atoms with Crippen molar-refractivity contribution in [1.29, 1.82) is 0 Å². The number of hydrogen-bond acceptors (Lipinski definition) is 4. The molecule has 0 radical (unpaired) electrons. The van der Waals surface area contributed by atoms with E-state index < -0.39 is 0 Å². The molecule has 1 aromatic heterocycles. The van der Waals surface area contributed by atoms with Crippen LogP contribution in [0.25, 0.3) is 6.08 Å². The second-order valence-electron chi connectivity index (χ2n) is 6.72. The van der Waals surface area contributed by atoms with E-state index in [9.17, 15) is 9.59 Å².